The monoisotopic (exact) mass is 332 g/mol. The van der Waals surface area contributed by atoms with E-state index in [0.717, 1.165) is 13.0 Å². The summed E-state index contributed by atoms with van der Waals surface area (Å²) < 4.78 is 28.8. The smallest absolute Gasteiger partial charge is 0.387 e. The first-order chi connectivity index (χ1) is 11.6. The van der Waals surface area contributed by atoms with Crippen molar-refractivity contribution in [3.8, 4) is 5.75 Å². The summed E-state index contributed by atoms with van der Waals surface area (Å²) in [5.74, 6) is -0.349. The standard InChI is InChI=1S/C18H18F2N2O2/c19-18(20)24-14-6-3-5-13(10-14)17(23)22-11-16-15-7-2-1-4-12(15)8-9-21-16/h1-7,10,16,18,21H,8-9,11H2,(H,22,23). The van der Waals surface area contributed by atoms with Gasteiger partial charge in [0.05, 0.1) is 0 Å². The molecule has 24 heavy (non-hydrogen) atoms. The summed E-state index contributed by atoms with van der Waals surface area (Å²) in [5.41, 5.74) is 2.75. The topological polar surface area (TPSA) is 50.4 Å². The van der Waals surface area contributed by atoms with Gasteiger partial charge in [0.1, 0.15) is 5.75 Å². The normalized spacial score (nSPS) is 16.5. The number of amides is 1. The fraction of sp³-hybridized carbons (Fsp3) is 0.278. The molecule has 3 rings (SSSR count). The number of carbonyl (C=O) groups excluding carboxylic acids is 1. The van der Waals surface area contributed by atoms with Crippen molar-refractivity contribution in [1.29, 1.82) is 0 Å². The summed E-state index contributed by atoms with van der Waals surface area (Å²) in [6.45, 7) is -1.63. The Balaban J connectivity index is 1.64. The summed E-state index contributed by atoms with van der Waals surface area (Å²) in [6, 6.07) is 14.0. The van der Waals surface area contributed by atoms with Crippen molar-refractivity contribution in [2.75, 3.05) is 13.1 Å². The van der Waals surface area contributed by atoms with Crippen LogP contribution in [0.2, 0.25) is 0 Å². The molecule has 4 nitrogen and oxygen atoms in total. The second-order valence-electron chi connectivity index (χ2n) is 5.57. The highest BCUT2D eigenvalue weighted by atomic mass is 19.3. The van der Waals surface area contributed by atoms with Crippen LogP contribution in [0.25, 0.3) is 0 Å². The number of rotatable bonds is 5. The molecule has 1 aliphatic rings. The van der Waals surface area contributed by atoms with Crippen molar-refractivity contribution in [2.45, 2.75) is 19.1 Å². The Kier molecular flexibility index (Phi) is 5.05. The molecule has 0 saturated heterocycles. The van der Waals surface area contributed by atoms with E-state index in [9.17, 15) is 13.6 Å². The van der Waals surface area contributed by atoms with Crippen molar-refractivity contribution >= 4 is 5.91 Å². The van der Waals surface area contributed by atoms with E-state index in [1.54, 1.807) is 6.07 Å². The number of ether oxygens (including phenoxy) is 1. The number of benzene rings is 2. The van der Waals surface area contributed by atoms with Gasteiger partial charge in [-0.3, -0.25) is 4.79 Å². The largest absolute Gasteiger partial charge is 0.435 e. The average Bonchev–Trinajstić information content (AvgIpc) is 2.59. The van der Waals surface area contributed by atoms with Gasteiger partial charge in [0.2, 0.25) is 0 Å². The van der Waals surface area contributed by atoms with Crippen LogP contribution in [0.5, 0.6) is 5.75 Å². The van der Waals surface area contributed by atoms with Gasteiger partial charge in [-0.25, -0.2) is 0 Å². The van der Waals surface area contributed by atoms with Crippen LogP contribution in [0, 0.1) is 0 Å². The van der Waals surface area contributed by atoms with Crippen LogP contribution >= 0.6 is 0 Å². The predicted octanol–water partition coefficient (Wildman–Crippen LogP) is 2.90. The number of halogens is 2. The van der Waals surface area contributed by atoms with E-state index < -0.39 is 6.61 Å². The van der Waals surface area contributed by atoms with E-state index in [1.807, 2.05) is 12.1 Å². The molecule has 1 heterocycles. The predicted molar refractivity (Wildman–Crippen MR) is 86.3 cm³/mol. The van der Waals surface area contributed by atoms with Gasteiger partial charge >= 0.3 is 6.61 Å². The average molecular weight is 332 g/mol. The number of carbonyl (C=O) groups is 1. The van der Waals surface area contributed by atoms with Crippen LogP contribution < -0.4 is 15.4 Å². The van der Waals surface area contributed by atoms with Gasteiger partial charge in [-0.2, -0.15) is 8.78 Å². The van der Waals surface area contributed by atoms with Crippen molar-refractivity contribution in [3.05, 3.63) is 65.2 Å². The highest BCUT2D eigenvalue weighted by molar-refractivity contribution is 5.94. The quantitative estimate of drug-likeness (QED) is 0.885. The molecule has 1 amide bonds. The first-order valence-electron chi connectivity index (χ1n) is 7.78. The minimum atomic E-state index is -2.91. The van der Waals surface area contributed by atoms with Crippen molar-refractivity contribution in [1.82, 2.24) is 10.6 Å². The molecule has 1 aliphatic heterocycles. The molecule has 1 atom stereocenters. The Hall–Kier alpha value is -2.47. The molecule has 0 spiro atoms. The number of fused-ring (bicyclic) bond motifs is 1. The summed E-state index contributed by atoms with van der Waals surface area (Å²) >= 11 is 0. The second-order valence-corrected chi connectivity index (χ2v) is 5.57. The Morgan fingerprint density at radius 3 is 2.92 bits per heavy atom. The lowest BCUT2D eigenvalue weighted by atomic mass is 9.94. The fourth-order valence-electron chi connectivity index (χ4n) is 2.89. The molecule has 6 heteroatoms. The third kappa shape index (κ3) is 3.89. The van der Waals surface area contributed by atoms with Crippen molar-refractivity contribution < 1.29 is 18.3 Å². The minimum Gasteiger partial charge on any atom is -0.435 e. The Bertz CT molecular complexity index is 722. The van der Waals surface area contributed by atoms with Crippen molar-refractivity contribution in [3.63, 3.8) is 0 Å². The lowest BCUT2D eigenvalue weighted by Gasteiger charge is -2.27. The first-order valence-corrected chi connectivity index (χ1v) is 7.78. The minimum absolute atomic E-state index is 0.0289. The summed E-state index contributed by atoms with van der Waals surface area (Å²) in [6.07, 6.45) is 0.966. The fourth-order valence-corrected chi connectivity index (χ4v) is 2.89. The number of hydrogen-bond donors (Lipinski definition) is 2. The lowest BCUT2D eigenvalue weighted by Crippen LogP contribution is -2.38. The third-order valence-electron chi connectivity index (χ3n) is 4.00. The maximum Gasteiger partial charge on any atom is 0.387 e. The molecule has 2 aromatic carbocycles. The molecule has 0 fully saturated rings. The molecule has 1 unspecified atom stereocenters. The van der Waals surface area contributed by atoms with Crippen LogP contribution in [0.3, 0.4) is 0 Å². The van der Waals surface area contributed by atoms with Crippen LogP contribution in [-0.2, 0) is 6.42 Å². The highest BCUT2D eigenvalue weighted by Gasteiger charge is 2.20. The van der Waals surface area contributed by atoms with Crippen LogP contribution in [0.15, 0.2) is 48.5 Å². The van der Waals surface area contributed by atoms with Crippen molar-refractivity contribution in [2.24, 2.45) is 0 Å². The van der Waals surface area contributed by atoms with E-state index in [1.165, 1.54) is 29.3 Å². The van der Waals surface area contributed by atoms with E-state index in [4.69, 9.17) is 0 Å². The van der Waals surface area contributed by atoms with Gasteiger partial charge < -0.3 is 15.4 Å². The van der Waals surface area contributed by atoms with E-state index in [0.29, 0.717) is 6.54 Å². The Morgan fingerprint density at radius 1 is 1.25 bits per heavy atom. The van der Waals surface area contributed by atoms with Gasteiger partial charge in [0.25, 0.3) is 5.91 Å². The SMILES string of the molecule is O=C(NCC1NCCc2ccccc21)c1cccc(OC(F)F)c1. The van der Waals surface area contributed by atoms with Gasteiger partial charge in [-0.05, 0) is 42.3 Å². The van der Waals surface area contributed by atoms with Crippen LogP contribution in [0.4, 0.5) is 8.78 Å². The van der Waals surface area contributed by atoms with E-state index in [-0.39, 0.29) is 23.3 Å². The molecule has 2 aromatic rings. The van der Waals surface area contributed by atoms with Gasteiger partial charge in [0.15, 0.2) is 0 Å². The maximum absolute atomic E-state index is 12.3. The zero-order valence-corrected chi connectivity index (χ0v) is 13.0. The molecular formula is C18H18F2N2O2. The zero-order valence-electron chi connectivity index (χ0n) is 13.0. The molecule has 126 valence electrons. The molecule has 0 saturated carbocycles. The van der Waals surface area contributed by atoms with E-state index >= 15 is 0 Å². The zero-order chi connectivity index (χ0) is 16.9. The molecule has 0 radical (unpaired) electrons. The highest BCUT2D eigenvalue weighted by Crippen LogP contribution is 2.22. The second kappa shape index (κ2) is 7.40. The van der Waals surface area contributed by atoms with E-state index in [2.05, 4.69) is 27.5 Å². The summed E-state index contributed by atoms with van der Waals surface area (Å²) in [5, 5.41) is 6.23. The summed E-state index contributed by atoms with van der Waals surface area (Å²) in [4.78, 5) is 12.3. The first kappa shape index (κ1) is 16.4. The Morgan fingerprint density at radius 2 is 2.08 bits per heavy atom. The lowest BCUT2D eigenvalue weighted by molar-refractivity contribution is -0.0498. The number of nitrogens with one attached hydrogen (secondary N) is 2. The molecule has 0 aromatic heterocycles. The maximum atomic E-state index is 12.3. The van der Waals surface area contributed by atoms with Crippen LogP contribution in [0.1, 0.15) is 27.5 Å². The Labute approximate surface area is 138 Å². The number of alkyl halides is 2. The van der Waals surface area contributed by atoms with Gasteiger partial charge in [0, 0.05) is 18.2 Å². The molecule has 2 N–H and O–H groups in total. The molecule has 0 bridgehead atoms. The molecular weight excluding hydrogens is 314 g/mol. The summed E-state index contributed by atoms with van der Waals surface area (Å²) in [7, 11) is 0. The molecule has 0 aliphatic carbocycles. The third-order valence-corrected chi connectivity index (χ3v) is 4.00. The van der Waals surface area contributed by atoms with Crippen LogP contribution in [-0.4, -0.2) is 25.6 Å². The number of hydrogen-bond acceptors (Lipinski definition) is 3. The van der Waals surface area contributed by atoms with Gasteiger partial charge in [-0.1, -0.05) is 30.3 Å². The van der Waals surface area contributed by atoms with Gasteiger partial charge in [-0.15, -0.1) is 0 Å².